The first-order valence-electron chi connectivity index (χ1n) is 8.32. The molecule has 0 saturated carbocycles. The Bertz CT molecular complexity index is 598. The fraction of sp³-hybridized carbons (Fsp3) is 0.500. The molecule has 0 fully saturated rings. The van der Waals surface area contributed by atoms with Gasteiger partial charge in [-0.2, -0.15) is 0 Å². The number of methoxy groups -OCH3 is 1. The molecule has 0 aliphatic carbocycles. The third-order valence-corrected chi connectivity index (χ3v) is 3.55. The third-order valence-electron chi connectivity index (χ3n) is 3.55. The van der Waals surface area contributed by atoms with Crippen LogP contribution in [0.5, 0.6) is 0 Å². The van der Waals surface area contributed by atoms with Gasteiger partial charge in [0, 0.05) is 45.7 Å². The Hall–Kier alpha value is -1.32. The second kappa shape index (κ2) is 13.0. The van der Waals surface area contributed by atoms with E-state index in [9.17, 15) is 0 Å². The van der Waals surface area contributed by atoms with E-state index in [2.05, 4.69) is 27.8 Å². The first-order chi connectivity index (χ1) is 11.8. The number of nitrogens with one attached hydrogen (secondary N) is 2. The average Bonchev–Trinajstić information content (AvgIpc) is 3.02. The molecular formula is C18H28IN3O3. The smallest absolute Gasteiger partial charge is 0.190 e. The van der Waals surface area contributed by atoms with Crippen molar-refractivity contribution < 1.29 is 13.9 Å². The monoisotopic (exact) mass is 461 g/mol. The number of nitrogens with zero attached hydrogens (tertiary/aromatic N) is 1. The van der Waals surface area contributed by atoms with Gasteiger partial charge in [0.1, 0.15) is 11.3 Å². The molecule has 0 spiro atoms. The Balaban J connectivity index is 0.00000312. The zero-order valence-corrected chi connectivity index (χ0v) is 17.2. The number of hydrogen-bond acceptors (Lipinski definition) is 4. The minimum atomic E-state index is 0. The summed E-state index contributed by atoms with van der Waals surface area (Å²) in [5, 5.41) is 7.70. The predicted octanol–water partition coefficient (Wildman–Crippen LogP) is 2.81. The Morgan fingerprint density at radius 2 is 1.92 bits per heavy atom. The maximum atomic E-state index is 5.80. The third kappa shape index (κ3) is 8.06. The van der Waals surface area contributed by atoms with Gasteiger partial charge in [0.25, 0.3) is 0 Å². The van der Waals surface area contributed by atoms with Crippen LogP contribution in [-0.2, 0) is 15.9 Å². The second-order valence-electron chi connectivity index (χ2n) is 5.39. The highest BCUT2D eigenvalue weighted by Gasteiger charge is 2.03. The van der Waals surface area contributed by atoms with Gasteiger partial charge in [-0.3, -0.25) is 4.99 Å². The van der Waals surface area contributed by atoms with Crippen LogP contribution in [0.25, 0.3) is 11.0 Å². The van der Waals surface area contributed by atoms with Crippen molar-refractivity contribution in [2.75, 3.05) is 47.1 Å². The largest absolute Gasteiger partial charge is 0.461 e. The summed E-state index contributed by atoms with van der Waals surface area (Å²) >= 11 is 0. The highest BCUT2D eigenvalue weighted by molar-refractivity contribution is 14.0. The van der Waals surface area contributed by atoms with E-state index in [0.717, 1.165) is 48.6 Å². The van der Waals surface area contributed by atoms with Crippen LogP contribution < -0.4 is 10.6 Å². The molecule has 0 aliphatic heterocycles. The second-order valence-corrected chi connectivity index (χ2v) is 5.39. The quantitative estimate of drug-likeness (QED) is 0.247. The molecule has 0 unspecified atom stereocenters. The van der Waals surface area contributed by atoms with Crippen LogP contribution in [0, 0.1) is 0 Å². The molecule has 0 aliphatic rings. The summed E-state index contributed by atoms with van der Waals surface area (Å²) in [6.07, 6.45) is 1.74. The van der Waals surface area contributed by atoms with E-state index >= 15 is 0 Å². The molecule has 0 saturated heterocycles. The van der Waals surface area contributed by atoms with Crippen LogP contribution in [0.1, 0.15) is 12.2 Å². The zero-order chi connectivity index (χ0) is 17.0. The molecule has 1 heterocycles. The molecule has 1 aromatic carbocycles. The standard InChI is InChI=1S/C18H27N3O3.HI/c1-19-18(20-9-5-11-23-13-12-22-2)21-10-8-16-14-15-6-3-4-7-17(15)24-16;/h3-4,6-7,14H,5,8-13H2,1-2H3,(H2,19,20,21);1H. The molecule has 2 N–H and O–H groups in total. The summed E-state index contributed by atoms with van der Waals surface area (Å²) in [4.78, 5) is 4.21. The summed E-state index contributed by atoms with van der Waals surface area (Å²) in [5.41, 5.74) is 0.934. The molecule has 2 rings (SSSR count). The lowest BCUT2D eigenvalue weighted by Gasteiger charge is -2.11. The lowest BCUT2D eigenvalue weighted by Crippen LogP contribution is -2.39. The summed E-state index contributed by atoms with van der Waals surface area (Å²) in [5.74, 6) is 1.77. The first-order valence-corrected chi connectivity index (χ1v) is 8.32. The minimum Gasteiger partial charge on any atom is -0.461 e. The molecule has 0 amide bonds. The van der Waals surface area contributed by atoms with E-state index in [1.54, 1.807) is 14.2 Å². The number of aliphatic imine (C=N–C) groups is 1. The van der Waals surface area contributed by atoms with Crippen LogP contribution >= 0.6 is 24.0 Å². The van der Waals surface area contributed by atoms with Gasteiger partial charge >= 0.3 is 0 Å². The number of ether oxygens (including phenoxy) is 2. The lowest BCUT2D eigenvalue weighted by atomic mass is 10.2. The van der Waals surface area contributed by atoms with Crippen LogP contribution in [0.2, 0.25) is 0 Å². The van der Waals surface area contributed by atoms with Crippen molar-refractivity contribution in [3.8, 4) is 0 Å². The van der Waals surface area contributed by atoms with E-state index in [4.69, 9.17) is 13.9 Å². The Morgan fingerprint density at radius 3 is 2.68 bits per heavy atom. The summed E-state index contributed by atoms with van der Waals surface area (Å²) in [6, 6.07) is 10.1. The fourth-order valence-corrected chi connectivity index (χ4v) is 2.31. The summed E-state index contributed by atoms with van der Waals surface area (Å²) in [6.45, 7) is 3.58. The Kier molecular flexibility index (Phi) is 11.3. The fourth-order valence-electron chi connectivity index (χ4n) is 2.31. The van der Waals surface area contributed by atoms with Gasteiger partial charge in [-0.25, -0.2) is 0 Å². The van der Waals surface area contributed by atoms with Crippen molar-refractivity contribution >= 4 is 40.9 Å². The number of guanidine groups is 1. The minimum absolute atomic E-state index is 0. The highest BCUT2D eigenvalue weighted by atomic mass is 127. The van der Waals surface area contributed by atoms with E-state index in [0.29, 0.717) is 19.8 Å². The van der Waals surface area contributed by atoms with Crippen molar-refractivity contribution in [2.45, 2.75) is 12.8 Å². The number of hydrogen-bond donors (Lipinski definition) is 2. The van der Waals surface area contributed by atoms with Gasteiger partial charge in [0.15, 0.2) is 5.96 Å². The number of fused-ring (bicyclic) bond motifs is 1. The van der Waals surface area contributed by atoms with Gasteiger partial charge in [-0.05, 0) is 18.6 Å². The topological polar surface area (TPSA) is 68.0 Å². The molecule has 0 atom stereocenters. The Labute approximate surface area is 166 Å². The average molecular weight is 461 g/mol. The molecule has 6 nitrogen and oxygen atoms in total. The zero-order valence-electron chi connectivity index (χ0n) is 14.9. The van der Waals surface area contributed by atoms with Crippen molar-refractivity contribution in [2.24, 2.45) is 4.99 Å². The lowest BCUT2D eigenvalue weighted by molar-refractivity contribution is 0.0698. The number of halogens is 1. The summed E-state index contributed by atoms with van der Waals surface area (Å²) in [7, 11) is 3.44. The summed E-state index contributed by atoms with van der Waals surface area (Å²) < 4.78 is 16.1. The molecule has 7 heteroatoms. The van der Waals surface area contributed by atoms with E-state index in [1.165, 1.54) is 0 Å². The molecule has 0 bridgehead atoms. The Morgan fingerprint density at radius 1 is 1.12 bits per heavy atom. The molecule has 1 aromatic heterocycles. The number of rotatable bonds is 10. The van der Waals surface area contributed by atoms with Crippen LogP contribution in [-0.4, -0.2) is 53.0 Å². The van der Waals surface area contributed by atoms with Gasteiger partial charge in [-0.1, -0.05) is 18.2 Å². The van der Waals surface area contributed by atoms with Crippen molar-refractivity contribution in [3.05, 3.63) is 36.1 Å². The SMILES string of the molecule is CN=C(NCCCOCCOC)NCCc1cc2ccccc2o1.I. The number of para-hydroxylation sites is 1. The van der Waals surface area contributed by atoms with Gasteiger partial charge in [-0.15, -0.1) is 24.0 Å². The van der Waals surface area contributed by atoms with E-state index < -0.39 is 0 Å². The highest BCUT2D eigenvalue weighted by Crippen LogP contribution is 2.18. The molecular weight excluding hydrogens is 433 g/mol. The van der Waals surface area contributed by atoms with Crippen LogP contribution in [0.15, 0.2) is 39.7 Å². The maximum Gasteiger partial charge on any atom is 0.190 e. The van der Waals surface area contributed by atoms with Crippen LogP contribution in [0.4, 0.5) is 0 Å². The molecule has 140 valence electrons. The number of benzene rings is 1. The van der Waals surface area contributed by atoms with Gasteiger partial charge in [0.05, 0.1) is 13.2 Å². The molecule has 0 radical (unpaired) electrons. The van der Waals surface area contributed by atoms with E-state index in [-0.39, 0.29) is 24.0 Å². The van der Waals surface area contributed by atoms with Crippen LogP contribution in [0.3, 0.4) is 0 Å². The van der Waals surface area contributed by atoms with Gasteiger partial charge < -0.3 is 24.5 Å². The molecule has 25 heavy (non-hydrogen) atoms. The normalized spacial score (nSPS) is 11.4. The number of furan rings is 1. The van der Waals surface area contributed by atoms with Crippen molar-refractivity contribution in [1.82, 2.24) is 10.6 Å². The van der Waals surface area contributed by atoms with Gasteiger partial charge in [0.2, 0.25) is 0 Å². The predicted molar refractivity (Wildman–Crippen MR) is 112 cm³/mol. The maximum absolute atomic E-state index is 5.80. The first kappa shape index (κ1) is 21.7. The van der Waals surface area contributed by atoms with Crippen molar-refractivity contribution in [3.63, 3.8) is 0 Å². The van der Waals surface area contributed by atoms with Crippen molar-refractivity contribution in [1.29, 1.82) is 0 Å². The molecule has 2 aromatic rings. The van der Waals surface area contributed by atoms with E-state index in [1.807, 2.05) is 18.2 Å².